The zero-order valence-electron chi connectivity index (χ0n) is 17.7. The van der Waals surface area contributed by atoms with E-state index >= 15 is 0 Å². The Labute approximate surface area is 194 Å². The molecule has 0 radical (unpaired) electrons. The van der Waals surface area contributed by atoms with Gasteiger partial charge in [-0.2, -0.15) is 9.78 Å². The maximum absolute atomic E-state index is 14.6. The van der Waals surface area contributed by atoms with Gasteiger partial charge in [0.25, 0.3) is 5.91 Å². The summed E-state index contributed by atoms with van der Waals surface area (Å²) in [6.45, 7) is 1.97. The number of rotatable bonds is 5. The highest BCUT2D eigenvalue weighted by molar-refractivity contribution is 6.31. The molecule has 0 aliphatic heterocycles. The molecule has 1 amide bonds. The molecule has 0 aliphatic carbocycles. The lowest BCUT2D eigenvalue weighted by atomic mass is 10.2. The van der Waals surface area contributed by atoms with Gasteiger partial charge < -0.3 is 9.88 Å². The van der Waals surface area contributed by atoms with E-state index in [0.29, 0.717) is 39.1 Å². The van der Waals surface area contributed by atoms with Gasteiger partial charge in [0.05, 0.1) is 23.3 Å². The summed E-state index contributed by atoms with van der Waals surface area (Å²) >= 11 is 6.31. The van der Waals surface area contributed by atoms with Crippen molar-refractivity contribution in [3.8, 4) is 5.95 Å². The Balaban J connectivity index is 1.63. The number of carbonyl (C=O) groups excluding carboxylic acids is 1. The largest absolute Gasteiger partial charge is 0.306 e. The second-order valence-corrected chi connectivity index (χ2v) is 8.00. The number of aromatic nitrogens is 4. The van der Waals surface area contributed by atoms with Crippen molar-refractivity contribution in [2.45, 2.75) is 13.5 Å². The molecule has 0 fully saturated rings. The maximum atomic E-state index is 14.6. The highest BCUT2D eigenvalue weighted by Crippen LogP contribution is 2.27. The third-order valence-electron chi connectivity index (χ3n) is 5.31. The van der Waals surface area contributed by atoms with Crippen LogP contribution in [0, 0.1) is 12.7 Å². The normalized spacial score (nSPS) is 11.1. The molecular weight excluding hydrogens is 441 g/mol. The van der Waals surface area contributed by atoms with Gasteiger partial charge in [-0.05, 0) is 43.3 Å². The van der Waals surface area contributed by atoms with Gasteiger partial charge in [-0.15, -0.1) is 0 Å². The van der Waals surface area contributed by atoms with E-state index in [2.05, 4.69) is 10.4 Å². The second kappa shape index (κ2) is 8.52. The van der Waals surface area contributed by atoms with Gasteiger partial charge in [-0.25, -0.2) is 9.37 Å². The number of hydrogen-bond acceptors (Lipinski definition) is 3. The molecule has 5 rings (SSSR count). The Morgan fingerprint density at radius 3 is 2.58 bits per heavy atom. The SMILES string of the molecule is Cc1cc(NC(=O)c2ccccc2)n(-c2nc3ccccc3n2Cc2c(F)cccc2Cl)n1. The minimum absolute atomic E-state index is 0.145. The van der Waals surface area contributed by atoms with Crippen molar-refractivity contribution in [3.63, 3.8) is 0 Å². The van der Waals surface area contributed by atoms with Crippen LogP contribution in [0.1, 0.15) is 21.6 Å². The average Bonchev–Trinajstić information content (AvgIpc) is 3.36. The maximum Gasteiger partial charge on any atom is 0.256 e. The second-order valence-electron chi connectivity index (χ2n) is 7.59. The first-order valence-corrected chi connectivity index (χ1v) is 10.7. The van der Waals surface area contributed by atoms with Gasteiger partial charge in [0, 0.05) is 22.2 Å². The number of imidazole rings is 1. The average molecular weight is 460 g/mol. The lowest BCUT2D eigenvalue weighted by Gasteiger charge is -2.13. The molecule has 164 valence electrons. The van der Waals surface area contributed by atoms with Crippen molar-refractivity contribution >= 4 is 34.4 Å². The fourth-order valence-electron chi connectivity index (χ4n) is 3.74. The van der Waals surface area contributed by atoms with E-state index < -0.39 is 5.82 Å². The summed E-state index contributed by atoms with van der Waals surface area (Å²) in [7, 11) is 0. The molecule has 3 aromatic carbocycles. The van der Waals surface area contributed by atoms with Gasteiger partial charge >= 0.3 is 0 Å². The summed E-state index contributed by atoms with van der Waals surface area (Å²) in [4.78, 5) is 17.5. The Morgan fingerprint density at radius 1 is 1.03 bits per heavy atom. The van der Waals surface area contributed by atoms with Crippen LogP contribution in [-0.2, 0) is 6.54 Å². The number of halogens is 2. The number of nitrogens with zero attached hydrogens (tertiary/aromatic N) is 4. The quantitative estimate of drug-likeness (QED) is 0.371. The number of fused-ring (bicyclic) bond motifs is 1. The number of carbonyl (C=O) groups is 1. The highest BCUT2D eigenvalue weighted by Gasteiger charge is 2.20. The van der Waals surface area contributed by atoms with Crippen molar-refractivity contribution in [2.75, 3.05) is 5.32 Å². The van der Waals surface area contributed by atoms with Gasteiger partial charge in [0.1, 0.15) is 11.6 Å². The molecule has 0 saturated carbocycles. The number of hydrogen-bond donors (Lipinski definition) is 1. The Morgan fingerprint density at radius 2 is 1.79 bits per heavy atom. The molecule has 0 saturated heterocycles. The molecule has 1 N–H and O–H groups in total. The van der Waals surface area contributed by atoms with Crippen molar-refractivity contribution in [1.82, 2.24) is 19.3 Å². The van der Waals surface area contributed by atoms with Crippen LogP contribution in [-0.4, -0.2) is 25.2 Å². The lowest BCUT2D eigenvalue weighted by Crippen LogP contribution is -2.17. The molecule has 2 aromatic heterocycles. The first kappa shape index (κ1) is 20.9. The van der Waals surface area contributed by atoms with Crippen LogP contribution in [0.2, 0.25) is 5.02 Å². The molecule has 6 nitrogen and oxygen atoms in total. The third kappa shape index (κ3) is 3.99. The third-order valence-corrected chi connectivity index (χ3v) is 5.66. The van der Waals surface area contributed by atoms with Crippen molar-refractivity contribution in [1.29, 1.82) is 0 Å². The first-order valence-electron chi connectivity index (χ1n) is 10.3. The van der Waals surface area contributed by atoms with Crippen molar-refractivity contribution in [3.05, 3.63) is 107 Å². The summed E-state index contributed by atoms with van der Waals surface area (Å²) in [5.74, 6) is 0.224. The zero-order chi connectivity index (χ0) is 22.9. The van der Waals surface area contributed by atoms with E-state index in [1.165, 1.54) is 6.07 Å². The fraction of sp³-hybridized carbons (Fsp3) is 0.0800. The van der Waals surface area contributed by atoms with E-state index in [1.54, 1.807) is 47.1 Å². The molecule has 0 bridgehead atoms. The van der Waals surface area contributed by atoms with E-state index in [9.17, 15) is 9.18 Å². The van der Waals surface area contributed by atoms with Crippen LogP contribution in [0.5, 0.6) is 0 Å². The lowest BCUT2D eigenvalue weighted by molar-refractivity contribution is 0.102. The van der Waals surface area contributed by atoms with Gasteiger partial charge in [-0.1, -0.05) is 48.0 Å². The number of aryl methyl sites for hydroxylation is 1. The summed E-state index contributed by atoms with van der Waals surface area (Å²) in [6, 6.07) is 22.8. The van der Waals surface area contributed by atoms with Gasteiger partial charge in [0.2, 0.25) is 5.95 Å². The van der Waals surface area contributed by atoms with Crippen LogP contribution in [0.4, 0.5) is 10.2 Å². The highest BCUT2D eigenvalue weighted by atomic mass is 35.5. The number of amides is 1. The number of nitrogens with one attached hydrogen (secondary N) is 1. The standard InChI is InChI=1S/C25H19ClFN5O/c1-16-14-23(29-24(33)17-8-3-2-4-9-17)32(30-16)25-28-21-12-5-6-13-22(21)31(25)15-18-19(26)10-7-11-20(18)27/h2-14H,15H2,1H3,(H,29,33). The van der Waals surface area contributed by atoms with Crippen LogP contribution in [0.15, 0.2) is 78.9 Å². The minimum Gasteiger partial charge on any atom is -0.306 e. The van der Waals surface area contributed by atoms with Crippen molar-refractivity contribution < 1.29 is 9.18 Å². The van der Waals surface area contributed by atoms with Crippen LogP contribution in [0.3, 0.4) is 0 Å². The number of benzene rings is 3. The van der Waals surface area contributed by atoms with Crippen LogP contribution < -0.4 is 5.32 Å². The summed E-state index contributed by atoms with van der Waals surface area (Å²) in [6.07, 6.45) is 0. The van der Waals surface area contributed by atoms with E-state index in [1.807, 2.05) is 41.8 Å². The number of para-hydroxylation sites is 2. The molecule has 2 heterocycles. The smallest absolute Gasteiger partial charge is 0.256 e. The molecule has 0 spiro atoms. The topological polar surface area (TPSA) is 64.7 Å². The van der Waals surface area contributed by atoms with E-state index in [-0.39, 0.29) is 12.5 Å². The Bertz CT molecular complexity index is 1450. The molecule has 0 aliphatic rings. The minimum atomic E-state index is -0.402. The number of anilines is 1. The van der Waals surface area contributed by atoms with Gasteiger partial charge in [-0.3, -0.25) is 4.79 Å². The fourth-order valence-corrected chi connectivity index (χ4v) is 3.96. The molecule has 8 heteroatoms. The molecular formula is C25H19ClFN5O. The molecule has 33 heavy (non-hydrogen) atoms. The Hall–Kier alpha value is -3.97. The summed E-state index contributed by atoms with van der Waals surface area (Å²) in [5.41, 5.74) is 3.08. The molecule has 0 atom stereocenters. The molecule has 5 aromatic rings. The summed E-state index contributed by atoms with van der Waals surface area (Å²) < 4.78 is 18.0. The predicted octanol–water partition coefficient (Wildman–Crippen LogP) is 5.62. The Kier molecular flexibility index (Phi) is 5.40. The van der Waals surface area contributed by atoms with Gasteiger partial charge in [0.15, 0.2) is 0 Å². The first-order chi connectivity index (χ1) is 16.0. The predicted molar refractivity (Wildman–Crippen MR) is 126 cm³/mol. The summed E-state index contributed by atoms with van der Waals surface area (Å²) in [5, 5.41) is 7.80. The van der Waals surface area contributed by atoms with E-state index in [4.69, 9.17) is 16.6 Å². The zero-order valence-corrected chi connectivity index (χ0v) is 18.4. The monoisotopic (exact) mass is 459 g/mol. The van der Waals surface area contributed by atoms with Crippen LogP contribution >= 0.6 is 11.6 Å². The van der Waals surface area contributed by atoms with Crippen LogP contribution in [0.25, 0.3) is 17.0 Å². The van der Waals surface area contributed by atoms with E-state index in [0.717, 1.165) is 5.52 Å². The van der Waals surface area contributed by atoms with Crippen molar-refractivity contribution in [2.24, 2.45) is 0 Å². The molecule has 0 unspecified atom stereocenters.